The van der Waals surface area contributed by atoms with Crippen LogP contribution in [0.15, 0.2) is 255 Å². The molecule has 2 aliphatic heterocycles. The highest BCUT2D eigenvalue weighted by Gasteiger charge is 2.45. The van der Waals surface area contributed by atoms with Gasteiger partial charge in [-0.2, -0.15) is 0 Å². The van der Waals surface area contributed by atoms with E-state index < -0.39 is 0 Å². The van der Waals surface area contributed by atoms with Gasteiger partial charge >= 0.3 is 0 Å². The molecule has 0 aliphatic carbocycles. The van der Waals surface area contributed by atoms with E-state index >= 15 is 0 Å². The quantitative estimate of drug-likeness (QED) is 0.151. The minimum atomic E-state index is -0.167. The Bertz CT molecular complexity index is 5150. The van der Waals surface area contributed by atoms with Crippen molar-refractivity contribution in [3.63, 3.8) is 0 Å². The molecule has 15 aromatic rings. The fraction of sp³-hybridized carbons (Fsp3) is 0.100. The van der Waals surface area contributed by atoms with Crippen molar-refractivity contribution >= 4 is 115 Å². The molecule has 5 heteroatoms. The lowest BCUT2D eigenvalue weighted by atomic mass is 9.33. The molecular weight excluding hydrogens is 1050 g/mol. The van der Waals surface area contributed by atoms with E-state index in [-0.39, 0.29) is 17.5 Å². The van der Waals surface area contributed by atoms with Crippen LogP contribution in [0.25, 0.3) is 120 Å². The van der Waals surface area contributed by atoms with Gasteiger partial charge in [-0.1, -0.05) is 236 Å². The van der Waals surface area contributed by atoms with Crippen LogP contribution in [0.1, 0.15) is 52.7 Å². The van der Waals surface area contributed by atoms with Gasteiger partial charge in [-0.05, 0) is 132 Å². The predicted octanol–water partition coefficient (Wildman–Crippen LogP) is 20.1. The Morgan fingerprint density at radius 2 is 0.894 bits per heavy atom. The van der Waals surface area contributed by atoms with Gasteiger partial charge in [-0.15, -0.1) is 11.3 Å². The van der Waals surface area contributed by atoms with Crippen molar-refractivity contribution in [2.45, 2.75) is 52.4 Å². The molecule has 0 spiro atoms. The monoisotopic (exact) mass is 1110 g/mol. The van der Waals surface area contributed by atoms with Crippen molar-refractivity contribution in [1.82, 2.24) is 9.13 Å². The summed E-state index contributed by atoms with van der Waals surface area (Å²) in [5.41, 5.74) is 26.8. The maximum atomic E-state index is 2.72. The second-order valence-corrected chi connectivity index (χ2v) is 26.7. The van der Waals surface area contributed by atoms with Gasteiger partial charge in [0.05, 0.1) is 32.6 Å². The van der Waals surface area contributed by atoms with Crippen LogP contribution in [0.3, 0.4) is 0 Å². The fourth-order valence-corrected chi connectivity index (χ4v) is 15.7. The molecule has 3 aromatic heterocycles. The van der Waals surface area contributed by atoms with Crippen LogP contribution >= 0.6 is 11.3 Å². The molecule has 17 rings (SSSR count). The SMILES string of the molecule is CC(C)(C)c1cccc(-c2cccc(-c3cccc(C(C)(C)C)c3)c2N2c3ccc(-n4c5ccccc5c5ccccc54)cc3B3c4c2cc2c(sc5ccccc52)c4-n2c4ccc(-c5ccccc5)cc4c4cc(-c5ccccc5)cc3c42)c1. The third-order valence-corrected chi connectivity index (χ3v) is 19.8. The standard InChI is InChI=1S/C80H60BN3S/c1-79(2,3)55-28-19-26-52(42-55)58-33-21-34-59(53-27-20-29-56(43-53)80(4,5)6)75(58)83-71-41-39-57(82-68-35-16-13-30-60(68)61-31-14-17-36-69(61)82)47-66(71)81-67-46-54(50-24-11-8-12-25-50)45-64-63-44-51(49-22-9-7-10-23-49)38-40-70(63)84(76(64)67)77-74(81)72(83)48-65-62-32-15-18-37-73(62)85-78(65)77/h7-48H,1-6H3. The molecule has 0 radical (unpaired) electrons. The Labute approximate surface area is 500 Å². The molecular formula is C80H60BN3S. The Balaban J connectivity index is 1.07. The van der Waals surface area contributed by atoms with E-state index in [0.29, 0.717) is 0 Å². The predicted molar refractivity (Wildman–Crippen MR) is 366 cm³/mol. The lowest BCUT2D eigenvalue weighted by Gasteiger charge is -2.42. The zero-order chi connectivity index (χ0) is 57.0. The molecule has 0 atom stereocenters. The summed E-state index contributed by atoms with van der Waals surface area (Å²) in [5.74, 6) is 0. The average molecular weight is 1110 g/mol. The van der Waals surface area contributed by atoms with E-state index in [9.17, 15) is 0 Å². The van der Waals surface area contributed by atoms with E-state index in [4.69, 9.17) is 0 Å². The van der Waals surface area contributed by atoms with Gasteiger partial charge in [-0.25, -0.2) is 0 Å². The lowest BCUT2D eigenvalue weighted by Crippen LogP contribution is -2.60. The van der Waals surface area contributed by atoms with Gasteiger partial charge in [-0.3, -0.25) is 0 Å². The second-order valence-electron chi connectivity index (χ2n) is 25.6. The van der Waals surface area contributed by atoms with E-state index in [1.54, 1.807) is 0 Å². The van der Waals surface area contributed by atoms with E-state index in [0.717, 1.165) is 5.69 Å². The van der Waals surface area contributed by atoms with Crippen LogP contribution in [0.5, 0.6) is 0 Å². The highest BCUT2D eigenvalue weighted by molar-refractivity contribution is 7.26. The first kappa shape index (κ1) is 49.9. The summed E-state index contributed by atoms with van der Waals surface area (Å²) in [6.45, 7) is 13.8. The Morgan fingerprint density at radius 3 is 1.54 bits per heavy atom. The van der Waals surface area contributed by atoms with Crippen molar-refractivity contribution in [1.29, 1.82) is 0 Å². The van der Waals surface area contributed by atoms with Crippen molar-refractivity contribution in [3.8, 4) is 55.9 Å². The number of thiophene rings is 1. The molecule has 0 saturated carbocycles. The normalized spacial score (nSPS) is 13.0. The molecule has 404 valence electrons. The number of aromatic nitrogens is 2. The van der Waals surface area contributed by atoms with E-state index in [1.165, 1.54) is 159 Å². The summed E-state index contributed by atoms with van der Waals surface area (Å²) in [7, 11) is 0. The Morgan fingerprint density at radius 1 is 0.341 bits per heavy atom. The third kappa shape index (κ3) is 7.52. The van der Waals surface area contributed by atoms with Crippen molar-refractivity contribution in [2.75, 3.05) is 4.90 Å². The summed E-state index contributed by atoms with van der Waals surface area (Å²) >= 11 is 1.94. The second kappa shape index (κ2) is 18.4. The number of anilines is 3. The van der Waals surface area contributed by atoms with Gasteiger partial charge in [0.25, 0.3) is 6.71 Å². The molecule has 0 N–H and O–H groups in total. The third-order valence-electron chi connectivity index (χ3n) is 18.6. The van der Waals surface area contributed by atoms with Gasteiger partial charge in [0.15, 0.2) is 0 Å². The number of para-hydroxylation sites is 3. The van der Waals surface area contributed by atoms with Gasteiger partial charge in [0.2, 0.25) is 0 Å². The molecule has 0 fully saturated rings. The first-order valence-corrected chi connectivity index (χ1v) is 30.8. The van der Waals surface area contributed by atoms with Crippen molar-refractivity contribution in [2.24, 2.45) is 0 Å². The van der Waals surface area contributed by atoms with Gasteiger partial charge in [0, 0.05) is 70.7 Å². The number of hydrogen-bond donors (Lipinski definition) is 0. The molecule has 0 saturated heterocycles. The first-order chi connectivity index (χ1) is 41.4. The molecule has 5 heterocycles. The summed E-state index contributed by atoms with van der Waals surface area (Å²) in [4.78, 5) is 2.72. The zero-order valence-electron chi connectivity index (χ0n) is 48.6. The molecule has 85 heavy (non-hydrogen) atoms. The number of hydrogen-bond acceptors (Lipinski definition) is 2. The minimum absolute atomic E-state index is 0.0637. The maximum Gasteiger partial charge on any atom is 0.252 e. The van der Waals surface area contributed by atoms with Crippen LogP contribution in [-0.2, 0) is 10.8 Å². The molecule has 2 aliphatic rings. The largest absolute Gasteiger partial charge is 0.310 e. The Hall–Kier alpha value is -9.68. The molecule has 12 aromatic carbocycles. The summed E-state index contributed by atoms with van der Waals surface area (Å²) in [6.07, 6.45) is 0. The lowest BCUT2D eigenvalue weighted by molar-refractivity contribution is 0.590. The van der Waals surface area contributed by atoms with E-state index in [1.807, 2.05) is 11.3 Å². The maximum absolute atomic E-state index is 2.72. The number of benzene rings is 12. The summed E-state index contributed by atoms with van der Waals surface area (Å²) in [6, 6.07) is 97.0. The van der Waals surface area contributed by atoms with Crippen molar-refractivity contribution < 1.29 is 0 Å². The molecule has 0 amide bonds. The van der Waals surface area contributed by atoms with Crippen LogP contribution in [0.2, 0.25) is 0 Å². The van der Waals surface area contributed by atoms with Crippen LogP contribution in [0, 0.1) is 0 Å². The minimum Gasteiger partial charge on any atom is -0.310 e. The number of nitrogens with zero attached hydrogens (tertiary/aromatic N) is 3. The zero-order valence-corrected chi connectivity index (χ0v) is 49.4. The summed E-state index contributed by atoms with van der Waals surface area (Å²) in [5, 5.41) is 7.57. The molecule has 0 unspecified atom stereocenters. The summed E-state index contributed by atoms with van der Waals surface area (Å²) < 4.78 is 7.80. The Kier molecular flexibility index (Phi) is 10.8. The van der Waals surface area contributed by atoms with Crippen LogP contribution in [0.4, 0.5) is 17.1 Å². The van der Waals surface area contributed by atoms with Crippen LogP contribution in [-0.4, -0.2) is 15.8 Å². The van der Waals surface area contributed by atoms with Gasteiger partial charge in [0.1, 0.15) is 0 Å². The van der Waals surface area contributed by atoms with E-state index in [2.05, 4.69) is 310 Å². The molecule has 3 nitrogen and oxygen atoms in total. The smallest absolute Gasteiger partial charge is 0.252 e. The number of fused-ring (bicyclic) bond motifs is 14. The van der Waals surface area contributed by atoms with Crippen molar-refractivity contribution in [3.05, 3.63) is 266 Å². The first-order valence-electron chi connectivity index (χ1n) is 29.9. The average Bonchev–Trinajstić information content (AvgIpc) is 1.65. The topological polar surface area (TPSA) is 13.1 Å². The van der Waals surface area contributed by atoms with Crippen LogP contribution < -0.4 is 21.3 Å². The van der Waals surface area contributed by atoms with Gasteiger partial charge < -0.3 is 14.0 Å². The highest BCUT2D eigenvalue weighted by Crippen LogP contribution is 2.53. The fourth-order valence-electron chi connectivity index (χ4n) is 14.5. The molecule has 0 bridgehead atoms. The highest BCUT2D eigenvalue weighted by atomic mass is 32.1. The number of rotatable bonds is 6.